The summed E-state index contributed by atoms with van der Waals surface area (Å²) in [5.74, 6) is -1.95. The van der Waals surface area contributed by atoms with Crippen LogP contribution < -0.4 is 10.6 Å². The zero-order valence-electron chi connectivity index (χ0n) is 13.2. The first-order chi connectivity index (χ1) is 11.4. The van der Waals surface area contributed by atoms with E-state index in [9.17, 15) is 35.5 Å². The van der Waals surface area contributed by atoms with Crippen molar-refractivity contribution in [3.05, 3.63) is 35.6 Å². The molecule has 0 aliphatic rings. The highest BCUT2D eigenvalue weighted by Crippen LogP contribution is 2.41. The van der Waals surface area contributed by atoms with E-state index < -0.39 is 42.7 Å². The van der Waals surface area contributed by atoms with Crippen LogP contribution in [-0.4, -0.2) is 30.5 Å². The van der Waals surface area contributed by atoms with Gasteiger partial charge in [-0.05, 0) is 30.5 Å². The fourth-order valence-electron chi connectivity index (χ4n) is 2.09. The Hall–Kier alpha value is -1.84. The van der Waals surface area contributed by atoms with Crippen molar-refractivity contribution < 1.29 is 35.5 Å². The first-order valence-electron chi connectivity index (χ1n) is 7.37. The summed E-state index contributed by atoms with van der Waals surface area (Å²) < 4.78 is 92.0. The fraction of sp³-hybridized carbons (Fsp3) is 0.533. The third kappa shape index (κ3) is 5.32. The molecule has 1 aromatic carbocycles. The number of rotatable bonds is 7. The van der Waals surface area contributed by atoms with Crippen molar-refractivity contribution in [3.8, 4) is 0 Å². The Morgan fingerprint density at radius 3 is 1.96 bits per heavy atom. The second kappa shape index (κ2) is 8.03. The molecule has 0 aliphatic heterocycles. The molecule has 0 atom stereocenters. The number of carbonyl (C=O) groups is 1. The summed E-state index contributed by atoms with van der Waals surface area (Å²) in [4.78, 5) is 11.4. The van der Waals surface area contributed by atoms with E-state index in [1.54, 1.807) is 0 Å². The minimum absolute atomic E-state index is 0.0905. The Kier molecular flexibility index (Phi) is 6.81. The zero-order chi connectivity index (χ0) is 19.3. The number of alkyl halides is 6. The molecule has 1 rings (SSSR count). The van der Waals surface area contributed by atoms with Crippen LogP contribution in [0, 0.1) is 5.82 Å². The highest BCUT2D eigenvalue weighted by atomic mass is 19.4. The number of nitrogens with one attached hydrogen (secondary N) is 2. The molecule has 0 heterocycles. The van der Waals surface area contributed by atoms with Crippen molar-refractivity contribution in [2.45, 2.75) is 44.2 Å². The summed E-state index contributed by atoms with van der Waals surface area (Å²) in [5.41, 5.74) is -4.21. The Bertz CT molecular complexity index is 553. The lowest BCUT2D eigenvalue weighted by atomic mass is 10.1. The zero-order valence-corrected chi connectivity index (χ0v) is 13.2. The summed E-state index contributed by atoms with van der Waals surface area (Å²) in [6.45, 7) is 0.710. The van der Waals surface area contributed by atoms with E-state index >= 15 is 0 Å². The Morgan fingerprint density at radius 2 is 1.52 bits per heavy atom. The van der Waals surface area contributed by atoms with Crippen LogP contribution in [0.5, 0.6) is 0 Å². The average molecular weight is 374 g/mol. The van der Waals surface area contributed by atoms with Crippen LogP contribution in [0.4, 0.5) is 30.7 Å². The van der Waals surface area contributed by atoms with Crippen molar-refractivity contribution in [1.82, 2.24) is 10.6 Å². The van der Waals surface area contributed by atoms with Crippen LogP contribution in [-0.2, 0) is 11.2 Å². The van der Waals surface area contributed by atoms with E-state index in [2.05, 4.69) is 0 Å². The number of halogens is 7. The molecule has 0 aliphatic carbocycles. The van der Waals surface area contributed by atoms with Gasteiger partial charge in [0, 0.05) is 13.0 Å². The number of benzene rings is 1. The second-order valence-corrected chi connectivity index (χ2v) is 5.35. The molecule has 10 heteroatoms. The highest BCUT2D eigenvalue weighted by Gasteiger charge is 2.71. The predicted octanol–water partition coefficient (Wildman–Crippen LogP) is 3.70. The maximum Gasteiger partial charge on any atom is 0.434 e. The van der Waals surface area contributed by atoms with E-state index in [0.29, 0.717) is 5.56 Å². The van der Waals surface area contributed by atoms with Gasteiger partial charge in [0.05, 0.1) is 0 Å². The summed E-state index contributed by atoms with van der Waals surface area (Å²) in [6, 6.07) is 4.57. The molecule has 1 aromatic rings. The van der Waals surface area contributed by atoms with Gasteiger partial charge >= 0.3 is 12.4 Å². The number of hydrogen-bond donors (Lipinski definition) is 2. The van der Waals surface area contributed by atoms with Crippen molar-refractivity contribution in [2.24, 2.45) is 0 Å². The summed E-state index contributed by atoms with van der Waals surface area (Å²) in [6.07, 6.45) is -12.2. The maximum absolute atomic E-state index is 13.2. The molecule has 1 amide bonds. The first kappa shape index (κ1) is 21.2. The topological polar surface area (TPSA) is 41.1 Å². The van der Waals surface area contributed by atoms with Crippen LogP contribution in [0.15, 0.2) is 24.3 Å². The molecule has 2 N–H and O–H groups in total. The molecule has 142 valence electrons. The highest BCUT2D eigenvalue weighted by molar-refractivity contribution is 5.77. The molecule has 0 spiro atoms. The van der Waals surface area contributed by atoms with Gasteiger partial charge < -0.3 is 5.32 Å². The van der Waals surface area contributed by atoms with Gasteiger partial charge in [0.1, 0.15) is 5.82 Å². The van der Waals surface area contributed by atoms with E-state index in [4.69, 9.17) is 0 Å². The van der Waals surface area contributed by atoms with Crippen molar-refractivity contribution in [3.63, 3.8) is 0 Å². The fourth-order valence-corrected chi connectivity index (χ4v) is 2.09. The molecule has 25 heavy (non-hydrogen) atoms. The average Bonchev–Trinajstić information content (AvgIpc) is 2.46. The minimum atomic E-state index is -5.81. The SMILES string of the molecule is CCCC(=O)NC(NCCc1ccc(F)cc1)(C(F)(F)F)C(F)(F)F. The largest absolute Gasteiger partial charge is 0.434 e. The molecule has 0 aromatic heterocycles. The summed E-state index contributed by atoms with van der Waals surface area (Å²) in [5, 5.41) is 2.44. The number of amides is 1. The third-order valence-electron chi connectivity index (χ3n) is 3.37. The lowest BCUT2D eigenvalue weighted by Crippen LogP contribution is -2.75. The lowest BCUT2D eigenvalue weighted by molar-refractivity contribution is -0.315. The van der Waals surface area contributed by atoms with Gasteiger partial charge in [-0.1, -0.05) is 19.1 Å². The van der Waals surface area contributed by atoms with Gasteiger partial charge in [-0.2, -0.15) is 26.3 Å². The molecular weight excluding hydrogens is 357 g/mol. The molecule has 0 saturated heterocycles. The molecule has 0 bridgehead atoms. The van der Waals surface area contributed by atoms with Crippen LogP contribution in [0.25, 0.3) is 0 Å². The standard InChI is InChI=1S/C15H17F7N2O/c1-2-3-12(25)24-13(14(17,18)19,15(20,21)22)23-9-8-10-4-6-11(16)7-5-10/h4-7,23H,2-3,8-9H2,1H3,(H,24,25). The Morgan fingerprint density at radius 1 is 1.00 bits per heavy atom. The molecule has 0 radical (unpaired) electrons. The monoisotopic (exact) mass is 374 g/mol. The maximum atomic E-state index is 13.2. The molecule has 0 fully saturated rings. The van der Waals surface area contributed by atoms with Gasteiger partial charge in [-0.3, -0.25) is 10.1 Å². The van der Waals surface area contributed by atoms with Gasteiger partial charge in [0.15, 0.2) is 0 Å². The Labute approximate surface area is 139 Å². The summed E-state index contributed by atoms with van der Waals surface area (Å²) in [7, 11) is 0. The first-order valence-corrected chi connectivity index (χ1v) is 7.37. The van der Waals surface area contributed by atoms with Crippen molar-refractivity contribution >= 4 is 5.91 Å². The van der Waals surface area contributed by atoms with Crippen molar-refractivity contribution in [1.29, 1.82) is 0 Å². The van der Waals surface area contributed by atoms with Crippen LogP contribution >= 0.6 is 0 Å². The molecule has 0 saturated carbocycles. The quantitative estimate of drug-likeness (QED) is 0.565. The predicted molar refractivity (Wildman–Crippen MR) is 76.0 cm³/mol. The van der Waals surface area contributed by atoms with Crippen LogP contribution in [0.2, 0.25) is 0 Å². The molecular formula is C15H17F7N2O. The van der Waals surface area contributed by atoms with Gasteiger partial charge in [-0.25, -0.2) is 4.39 Å². The van der Waals surface area contributed by atoms with E-state index in [1.807, 2.05) is 0 Å². The summed E-state index contributed by atoms with van der Waals surface area (Å²) >= 11 is 0. The number of hydrogen-bond acceptors (Lipinski definition) is 2. The molecule has 0 unspecified atom stereocenters. The van der Waals surface area contributed by atoms with Crippen molar-refractivity contribution in [2.75, 3.05) is 6.54 Å². The second-order valence-electron chi connectivity index (χ2n) is 5.35. The van der Waals surface area contributed by atoms with E-state index in [-0.39, 0.29) is 12.8 Å². The number of carbonyl (C=O) groups excluding carboxylic acids is 1. The van der Waals surface area contributed by atoms with Gasteiger partial charge in [-0.15, -0.1) is 0 Å². The normalized spacial score (nSPS) is 13.0. The van der Waals surface area contributed by atoms with E-state index in [1.165, 1.54) is 24.4 Å². The van der Waals surface area contributed by atoms with Crippen LogP contribution in [0.1, 0.15) is 25.3 Å². The Balaban J connectivity index is 2.99. The third-order valence-corrected chi connectivity index (χ3v) is 3.37. The smallest absolute Gasteiger partial charge is 0.323 e. The minimum Gasteiger partial charge on any atom is -0.323 e. The van der Waals surface area contributed by atoms with E-state index in [0.717, 1.165) is 17.4 Å². The molecule has 3 nitrogen and oxygen atoms in total. The van der Waals surface area contributed by atoms with Crippen LogP contribution in [0.3, 0.4) is 0 Å². The van der Waals surface area contributed by atoms with Gasteiger partial charge in [0.25, 0.3) is 5.66 Å². The lowest BCUT2D eigenvalue weighted by Gasteiger charge is -2.38. The van der Waals surface area contributed by atoms with Gasteiger partial charge in [0.2, 0.25) is 5.91 Å².